The fourth-order valence-corrected chi connectivity index (χ4v) is 3.01. The monoisotopic (exact) mass is 368 g/mol. The highest BCUT2D eigenvalue weighted by Crippen LogP contribution is 2.27. The summed E-state index contributed by atoms with van der Waals surface area (Å²) < 4.78 is 0. The molecule has 28 heavy (non-hydrogen) atoms. The van der Waals surface area contributed by atoms with Gasteiger partial charge in [0.15, 0.2) is 5.82 Å². The summed E-state index contributed by atoms with van der Waals surface area (Å²) in [5.74, 6) is 0.215. The zero-order valence-corrected chi connectivity index (χ0v) is 15.8. The molecule has 0 radical (unpaired) electrons. The quantitative estimate of drug-likeness (QED) is 0.563. The molecule has 5 heteroatoms. The van der Waals surface area contributed by atoms with E-state index in [0.717, 1.165) is 22.4 Å². The Morgan fingerprint density at radius 1 is 0.821 bits per heavy atom. The van der Waals surface area contributed by atoms with Crippen LogP contribution >= 0.6 is 0 Å². The van der Waals surface area contributed by atoms with E-state index in [1.165, 1.54) is 0 Å². The zero-order valence-electron chi connectivity index (χ0n) is 15.8. The fraction of sp³-hybridized carbons (Fsp3) is 0.0870. The van der Waals surface area contributed by atoms with Gasteiger partial charge in [0, 0.05) is 11.1 Å². The summed E-state index contributed by atoms with van der Waals surface area (Å²) in [5.41, 5.74) is 5.23. The molecule has 0 saturated heterocycles. The Labute approximate surface area is 163 Å². The van der Waals surface area contributed by atoms with Crippen molar-refractivity contribution in [2.75, 3.05) is 5.32 Å². The van der Waals surface area contributed by atoms with E-state index in [0.29, 0.717) is 17.1 Å². The van der Waals surface area contributed by atoms with Gasteiger partial charge in [-0.1, -0.05) is 60.7 Å². The lowest BCUT2D eigenvalue weighted by Crippen LogP contribution is -2.13. The van der Waals surface area contributed by atoms with E-state index < -0.39 is 0 Å². The van der Waals surface area contributed by atoms with Crippen molar-refractivity contribution in [2.24, 2.45) is 0 Å². The lowest BCUT2D eigenvalue weighted by atomic mass is 10.1. The standard InChI is InChI=1S/C23H20N4O/c1-16-10-9-15-20(17(16)2)27-25-21(18-11-5-3-6-12-18)22(26-27)24-23(28)19-13-7-4-8-14-19/h3-15H,1-2H3,(H,24,26,28). The average molecular weight is 368 g/mol. The molecule has 1 aromatic heterocycles. The molecule has 1 amide bonds. The first-order valence-corrected chi connectivity index (χ1v) is 9.09. The van der Waals surface area contributed by atoms with E-state index in [1.54, 1.807) is 16.9 Å². The molecule has 0 aliphatic carbocycles. The van der Waals surface area contributed by atoms with Crippen LogP contribution in [-0.4, -0.2) is 20.9 Å². The van der Waals surface area contributed by atoms with Gasteiger partial charge in [0.2, 0.25) is 0 Å². The third kappa shape index (κ3) is 3.42. The maximum absolute atomic E-state index is 12.7. The average Bonchev–Trinajstić information content (AvgIpc) is 3.15. The number of carbonyl (C=O) groups excluding carboxylic acids is 1. The number of anilines is 1. The van der Waals surface area contributed by atoms with Gasteiger partial charge in [0.1, 0.15) is 5.69 Å². The smallest absolute Gasteiger partial charge is 0.256 e. The molecule has 0 saturated carbocycles. The summed E-state index contributed by atoms with van der Waals surface area (Å²) in [6.07, 6.45) is 0. The summed E-state index contributed by atoms with van der Waals surface area (Å²) in [6, 6.07) is 24.8. The minimum Gasteiger partial charge on any atom is -0.303 e. The Kier molecular flexibility index (Phi) is 4.72. The Morgan fingerprint density at radius 3 is 2.21 bits per heavy atom. The van der Waals surface area contributed by atoms with Crippen molar-refractivity contribution in [3.63, 3.8) is 0 Å². The van der Waals surface area contributed by atoms with Gasteiger partial charge in [-0.3, -0.25) is 4.79 Å². The van der Waals surface area contributed by atoms with Crippen molar-refractivity contribution in [3.05, 3.63) is 95.6 Å². The first kappa shape index (κ1) is 17.7. The van der Waals surface area contributed by atoms with E-state index in [-0.39, 0.29) is 5.91 Å². The van der Waals surface area contributed by atoms with Gasteiger partial charge in [0.25, 0.3) is 5.91 Å². The summed E-state index contributed by atoms with van der Waals surface area (Å²) >= 11 is 0. The van der Waals surface area contributed by atoms with Gasteiger partial charge in [-0.05, 0) is 43.2 Å². The van der Waals surface area contributed by atoms with Crippen LogP contribution < -0.4 is 5.32 Å². The molecule has 1 heterocycles. The molecule has 0 bridgehead atoms. The van der Waals surface area contributed by atoms with Gasteiger partial charge in [-0.2, -0.15) is 0 Å². The summed E-state index contributed by atoms with van der Waals surface area (Å²) in [6.45, 7) is 4.09. The minimum atomic E-state index is -0.217. The number of nitrogens with one attached hydrogen (secondary N) is 1. The van der Waals surface area contributed by atoms with Crippen LogP contribution in [0.5, 0.6) is 0 Å². The van der Waals surface area contributed by atoms with Crippen molar-refractivity contribution in [3.8, 4) is 16.9 Å². The van der Waals surface area contributed by atoms with Gasteiger partial charge < -0.3 is 5.32 Å². The largest absolute Gasteiger partial charge is 0.303 e. The van der Waals surface area contributed by atoms with E-state index >= 15 is 0 Å². The molecule has 138 valence electrons. The van der Waals surface area contributed by atoms with Crippen LogP contribution in [0, 0.1) is 13.8 Å². The SMILES string of the molecule is Cc1cccc(-n2nc(NC(=O)c3ccccc3)c(-c3ccccc3)n2)c1C. The third-order valence-corrected chi connectivity index (χ3v) is 4.72. The van der Waals surface area contributed by atoms with Gasteiger partial charge in [0.05, 0.1) is 5.69 Å². The topological polar surface area (TPSA) is 59.8 Å². The molecule has 1 N–H and O–H groups in total. The normalized spacial score (nSPS) is 10.6. The molecule has 0 unspecified atom stereocenters. The van der Waals surface area contributed by atoms with Crippen molar-refractivity contribution in [2.45, 2.75) is 13.8 Å². The first-order valence-electron chi connectivity index (χ1n) is 9.09. The van der Waals surface area contributed by atoms with Crippen molar-refractivity contribution < 1.29 is 4.79 Å². The molecule has 0 aliphatic heterocycles. The number of carbonyl (C=O) groups is 1. The maximum atomic E-state index is 12.7. The Morgan fingerprint density at radius 2 is 1.50 bits per heavy atom. The summed E-state index contributed by atoms with van der Waals surface area (Å²) in [5, 5.41) is 12.2. The maximum Gasteiger partial charge on any atom is 0.256 e. The number of benzene rings is 3. The number of aromatic nitrogens is 3. The molecule has 4 aromatic rings. The predicted octanol–water partition coefficient (Wildman–Crippen LogP) is 4.80. The van der Waals surface area contributed by atoms with Crippen LogP contribution in [0.1, 0.15) is 21.5 Å². The lowest BCUT2D eigenvalue weighted by molar-refractivity contribution is 0.102. The highest BCUT2D eigenvalue weighted by Gasteiger charge is 2.18. The van der Waals surface area contributed by atoms with Crippen LogP contribution in [0.25, 0.3) is 16.9 Å². The molecular formula is C23H20N4O. The highest BCUT2D eigenvalue weighted by atomic mass is 16.1. The van der Waals surface area contributed by atoms with Crippen LogP contribution in [0.2, 0.25) is 0 Å². The van der Waals surface area contributed by atoms with Gasteiger partial charge in [-0.25, -0.2) is 0 Å². The van der Waals surface area contributed by atoms with E-state index in [9.17, 15) is 4.79 Å². The molecule has 0 fully saturated rings. The molecule has 0 atom stereocenters. The molecule has 3 aromatic carbocycles. The van der Waals surface area contributed by atoms with Crippen LogP contribution in [0.4, 0.5) is 5.82 Å². The van der Waals surface area contributed by atoms with E-state index in [2.05, 4.69) is 23.4 Å². The number of hydrogen-bond acceptors (Lipinski definition) is 3. The van der Waals surface area contributed by atoms with Crippen molar-refractivity contribution >= 4 is 11.7 Å². The number of aryl methyl sites for hydroxylation is 1. The highest BCUT2D eigenvalue weighted by molar-refractivity contribution is 6.05. The number of rotatable bonds is 4. The van der Waals surface area contributed by atoms with Gasteiger partial charge >= 0.3 is 0 Å². The number of amides is 1. The summed E-state index contributed by atoms with van der Waals surface area (Å²) in [7, 11) is 0. The van der Waals surface area contributed by atoms with E-state index in [1.807, 2.05) is 67.6 Å². The summed E-state index contributed by atoms with van der Waals surface area (Å²) in [4.78, 5) is 14.3. The Hall–Kier alpha value is -3.73. The fourth-order valence-electron chi connectivity index (χ4n) is 3.01. The molecule has 0 aliphatic rings. The van der Waals surface area contributed by atoms with E-state index in [4.69, 9.17) is 5.10 Å². The Bertz CT molecular complexity index is 1120. The number of nitrogens with zero attached hydrogens (tertiary/aromatic N) is 3. The van der Waals surface area contributed by atoms with Gasteiger partial charge in [-0.15, -0.1) is 15.0 Å². The van der Waals surface area contributed by atoms with Crippen LogP contribution in [0.3, 0.4) is 0 Å². The molecule has 0 spiro atoms. The second kappa shape index (κ2) is 7.48. The number of hydrogen-bond donors (Lipinski definition) is 1. The second-order valence-electron chi connectivity index (χ2n) is 6.59. The molecular weight excluding hydrogens is 348 g/mol. The van der Waals surface area contributed by atoms with Crippen LogP contribution in [0.15, 0.2) is 78.9 Å². The van der Waals surface area contributed by atoms with Crippen LogP contribution in [-0.2, 0) is 0 Å². The Balaban J connectivity index is 1.79. The molecule has 4 rings (SSSR count). The third-order valence-electron chi connectivity index (χ3n) is 4.72. The second-order valence-corrected chi connectivity index (χ2v) is 6.59. The minimum absolute atomic E-state index is 0.217. The zero-order chi connectivity index (χ0) is 19.5. The first-order chi connectivity index (χ1) is 13.6. The van der Waals surface area contributed by atoms with Crippen molar-refractivity contribution in [1.29, 1.82) is 0 Å². The lowest BCUT2D eigenvalue weighted by Gasteiger charge is -2.06. The van der Waals surface area contributed by atoms with Crippen molar-refractivity contribution in [1.82, 2.24) is 15.0 Å². The molecule has 5 nitrogen and oxygen atoms in total. The predicted molar refractivity (Wildman–Crippen MR) is 111 cm³/mol.